The third-order valence-electron chi connectivity index (χ3n) is 4.62. The zero-order valence-electron chi connectivity index (χ0n) is 16.8. The Hall–Kier alpha value is -2.90. The van der Waals surface area contributed by atoms with Gasteiger partial charge in [0, 0.05) is 54.1 Å². The molecule has 7 heteroatoms. The van der Waals surface area contributed by atoms with E-state index in [4.69, 9.17) is 9.47 Å². The van der Waals surface area contributed by atoms with Crippen molar-refractivity contribution in [1.82, 2.24) is 14.4 Å². The molecule has 150 valence electrons. The monoisotopic (exact) mass is 408 g/mol. The third-order valence-corrected chi connectivity index (χ3v) is 5.59. The Balaban J connectivity index is 1.71. The predicted molar refractivity (Wildman–Crippen MR) is 118 cm³/mol. The van der Waals surface area contributed by atoms with E-state index >= 15 is 0 Å². The Morgan fingerprint density at radius 3 is 2.90 bits per heavy atom. The van der Waals surface area contributed by atoms with Gasteiger partial charge in [-0.25, -0.2) is 9.97 Å². The van der Waals surface area contributed by atoms with Crippen LogP contribution in [0, 0.1) is 0 Å². The number of fused-ring (bicyclic) bond motifs is 1. The minimum absolute atomic E-state index is 0.203. The molecule has 0 saturated heterocycles. The van der Waals surface area contributed by atoms with Crippen molar-refractivity contribution < 1.29 is 9.47 Å². The lowest BCUT2D eigenvalue weighted by Gasteiger charge is -2.12. The summed E-state index contributed by atoms with van der Waals surface area (Å²) in [5.74, 6) is 0.825. The molecule has 1 unspecified atom stereocenters. The molecule has 0 fully saturated rings. The first-order valence-electron chi connectivity index (χ1n) is 9.60. The van der Waals surface area contributed by atoms with Crippen LogP contribution in [0.1, 0.15) is 13.8 Å². The van der Waals surface area contributed by atoms with E-state index in [2.05, 4.69) is 40.5 Å². The molecule has 3 aromatic heterocycles. The van der Waals surface area contributed by atoms with E-state index < -0.39 is 0 Å². The second-order valence-electron chi connectivity index (χ2n) is 6.74. The maximum absolute atomic E-state index is 5.58. The quantitative estimate of drug-likeness (QED) is 0.446. The van der Waals surface area contributed by atoms with Crippen LogP contribution in [-0.4, -0.2) is 40.7 Å². The van der Waals surface area contributed by atoms with Gasteiger partial charge in [0.2, 0.25) is 0 Å². The van der Waals surface area contributed by atoms with E-state index in [1.54, 1.807) is 18.4 Å². The highest BCUT2D eigenvalue weighted by atomic mass is 32.1. The van der Waals surface area contributed by atoms with Crippen molar-refractivity contribution in [2.45, 2.75) is 19.9 Å². The minimum atomic E-state index is 0.203. The summed E-state index contributed by atoms with van der Waals surface area (Å²) in [6, 6.07) is 10.4. The highest BCUT2D eigenvalue weighted by Gasteiger charge is 2.15. The van der Waals surface area contributed by atoms with Crippen LogP contribution in [0.2, 0.25) is 0 Å². The summed E-state index contributed by atoms with van der Waals surface area (Å²) in [6.45, 7) is 5.46. The fourth-order valence-corrected chi connectivity index (χ4v) is 4.16. The molecule has 29 heavy (non-hydrogen) atoms. The van der Waals surface area contributed by atoms with Crippen LogP contribution in [0.3, 0.4) is 0 Å². The van der Waals surface area contributed by atoms with Crippen molar-refractivity contribution in [3.63, 3.8) is 0 Å². The maximum atomic E-state index is 5.58. The van der Waals surface area contributed by atoms with Crippen molar-refractivity contribution in [3.05, 3.63) is 55.1 Å². The number of aromatic nitrogens is 3. The van der Waals surface area contributed by atoms with E-state index in [-0.39, 0.29) is 6.04 Å². The first kappa shape index (κ1) is 19.4. The molecule has 0 aliphatic rings. The Kier molecular flexibility index (Phi) is 5.78. The second kappa shape index (κ2) is 8.63. The number of nitrogens with one attached hydrogen (secondary N) is 1. The number of rotatable bonds is 8. The van der Waals surface area contributed by atoms with Gasteiger partial charge in [0.1, 0.15) is 11.4 Å². The summed E-state index contributed by atoms with van der Waals surface area (Å²) in [4.78, 5) is 10.2. The van der Waals surface area contributed by atoms with Crippen LogP contribution in [0.5, 0.6) is 5.75 Å². The lowest BCUT2D eigenvalue weighted by molar-refractivity contribution is 0.141. The number of para-hydroxylation sites is 1. The summed E-state index contributed by atoms with van der Waals surface area (Å²) in [5, 5.41) is 4.29. The van der Waals surface area contributed by atoms with Crippen molar-refractivity contribution in [1.29, 1.82) is 0 Å². The highest BCUT2D eigenvalue weighted by Crippen LogP contribution is 2.37. The first-order chi connectivity index (χ1) is 14.2. The van der Waals surface area contributed by atoms with Crippen molar-refractivity contribution >= 4 is 22.1 Å². The maximum Gasteiger partial charge on any atom is 0.183 e. The van der Waals surface area contributed by atoms with Gasteiger partial charge in [-0.05, 0) is 26.0 Å². The Morgan fingerprint density at radius 1 is 1.21 bits per heavy atom. The lowest BCUT2D eigenvalue weighted by Crippen LogP contribution is -2.21. The molecule has 0 saturated carbocycles. The molecule has 6 nitrogen and oxygen atoms in total. The van der Waals surface area contributed by atoms with Gasteiger partial charge in [-0.15, -0.1) is 0 Å². The highest BCUT2D eigenvalue weighted by molar-refractivity contribution is 7.18. The van der Waals surface area contributed by atoms with Gasteiger partial charge in [-0.2, -0.15) is 0 Å². The summed E-state index contributed by atoms with van der Waals surface area (Å²) < 4.78 is 13.1. The Morgan fingerprint density at radius 2 is 2.07 bits per heavy atom. The lowest BCUT2D eigenvalue weighted by atomic mass is 10.0. The Bertz CT molecular complexity index is 1110. The molecule has 0 amide bonds. The smallest absolute Gasteiger partial charge is 0.183 e. The molecule has 3 heterocycles. The first-order valence-corrected chi connectivity index (χ1v) is 10.4. The molecule has 0 bridgehead atoms. The molecule has 4 aromatic rings. The molecule has 1 atom stereocenters. The SMILES string of the molecule is CCOCC(C)Nc1ncc(-c2cc(-c3ccccc3OC)c3nccn3c2)s1. The number of anilines is 1. The number of hydrogen-bond acceptors (Lipinski definition) is 6. The fourth-order valence-electron chi connectivity index (χ4n) is 3.25. The molecule has 1 aromatic carbocycles. The molecular weight excluding hydrogens is 384 g/mol. The van der Waals surface area contributed by atoms with E-state index in [0.717, 1.165) is 38.1 Å². The van der Waals surface area contributed by atoms with Crippen molar-refractivity contribution in [2.75, 3.05) is 25.6 Å². The number of imidazole rings is 1. The third kappa shape index (κ3) is 4.11. The number of thiazole rings is 1. The van der Waals surface area contributed by atoms with Crippen molar-refractivity contribution in [2.24, 2.45) is 0 Å². The standard InChI is InChI=1S/C22H24N4O2S/c1-4-28-14-15(2)25-22-24-12-20(29-22)16-11-18(21-23-9-10-26(21)13-16)17-7-5-6-8-19(17)27-3/h5-13,15H,4,14H2,1-3H3,(H,24,25). The van der Waals surface area contributed by atoms with E-state index in [1.165, 1.54) is 0 Å². The topological polar surface area (TPSA) is 60.7 Å². The van der Waals surface area contributed by atoms with Gasteiger partial charge in [-0.1, -0.05) is 29.5 Å². The number of benzene rings is 1. The zero-order chi connectivity index (χ0) is 20.2. The number of nitrogens with zero attached hydrogens (tertiary/aromatic N) is 3. The molecule has 0 aliphatic carbocycles. The number of hydrogen-bond donors (Lipinski definition) is 1. The van der Waals surface area contributed by atoms with Crippen LogP contribution >= 0.6 is 11.3 Å². The van der Waals surface area contributed by atoms with Crippen LogP contribution < -0.4 is 10.1 Å². The zero-order valence-corrected chi connectivity index (χ0v) is 17.6. The number of ether oxygens (including phenoxy) is 2. The van der Waals surface area contributed by atoms with E-state index in [0.29, 0.717) is 13.2 Å². The average Bonchev–Trinajstić information content (AvgIpc) is 3.40. The molecule has 0 aliphatic heterocycles. The fraction of sp³-hybridized carbons (Fsp3) is 0.273. The van der Waals surface area contributed by atoms with Gasteiger partial charge < -0.3 is 19.2 Å². The van der Waals surface area contributed by atoms with Gasteiger partial charge in [0.05, 0.1) is 18.6 Å². The van der Waals surface area contributed by atoms with Crippen LogP contribution in [0.4, 0.5) is 5.13 Å². The molecule has 0 radical (unpaired) electrons. The number of methoxy groups -OCH3 is 1. The normalized spacial score (nSPS) is 12.2. The molecular formula is C22H24N4O2S. The summed E-state index contributed by atoms with van der Waals surface area (Å²) in [5.41, 5.74) is 4.02. The van der Waals surface area contributed by atoms with Crippen LogP contribution in [0.25, 0.3) is 27.2 Å². The minimum Gasteiger partial charge on any atom is -0.496 e. The van der Waals surface area contributed by atoms with Crippen LogP contribution in [0.15, 0.2) is 55.1 Å². The predicted octanol–water partition coefficient (Wildman–Crippen LogP) is 4.97. The molecule has 1 N–H and O–H groups in total. The Labute approximate surface area is 174 Å². The van der Waals surface area contributed by atoms with E-state index in [1.807, 2.05) is 48.1 Å². The van der Waals surface area contributed by atoms with Gasteiger partial charge in [-0.3, -0.25) is 0 Å². The van der Waals surface area contributed by atoms with Gasteiger partial charge >= 0.3 is 0 Å². The van der Waals surface area contributed by atoms with Crippen LogP contribution in [-0.2, 0) is 4.74 Å². The molecule has 4 rings (SSSR count). The largest absolute Gasteiger partial charge is 0.496 e. The molecule has 0 spiro atoms. The van der Waals surface area contributed by atoms with E-state index in [9.17, 15) is 0 Å². The number of pyridine rings is 1. The summed E-state index contributed by atoms with van der Waals surface area (Å²) >= 11 is 1.63. The second-order valence-corrected chi connectivity index (χ2v) is 7.77. The summed E-state index contributed by atoms with van der Waals surface area (Å²) in [6.07, 6.45) is 7.77. The summed E-state index contributed by atoms with van der Waals surface area (Å²) in [7, 11) is 1.69. The van der Waals surface area contributed by atoms with Gasteiger partial charge in [0.15, 0.2) is 5.13 Å². The average molecular weight is 409 g/mol. The van der Waals surface area contributed by atoms with Crippen molar-refractivity contribution in [3.8, 4) is 27.3 Å². The van der Waals surface area contributed by atoms with Gasteiger partial charge in [0.25, 0.3) is 0 Å².